The van der Waals surface area contributed by atoms with Crippen molar-refractivity contribution in [2.45, 2.75) is 52.3 Å². The molecule has 102 valence electrons. The summed E-state index contributed by atoms with van der Waals surface area (Å²) in [6, 6.07) is 3.06. The first-order chi connectivity index (χ1) is 8.00. The van der Waals surface area contributed by atoms with Crippen LogP contribution in [0.3, 0.4) is 0 Å². The van der Waals surface area contributed by atoms with E-state index in [0.29, 0.717) is 29.5 Å². The largest absolute Gasteiger partial charge is 0.416 e. The van der Waals surface area contributed by atoms with Gasteiger partial charge in [0.05, 0.1) is 5.56 Å². The maximum atomic E-state index is 12.9. The van der Waals surface area contributed by atoms with E-state index in [1.54, 1.807) is 6.92 Å². The minimum atomic E-state index is -4.29. The monoisotopic (exact) mass is 259 g/mol. The lowest BCUT2D eigenvalue weighted by atomic mass is 9.92. The molecule has 1 rings (SSSR count). The van der Waals surface area contributed by atoms with Crippen LogP contribution in [0.15, 0.2) is 12.1 Å². The lowest BCUT2D eigenvalue weighted by Crippen LogP contribution is -2.32. The Balaban J connectivity index is 3.06. The van der Waals surface area contributed by atoms with Crippen LogP contribution in [0.1, 0.15) is 42.5 Å². The van der Waals surface area contributed by atoms with Gasteiger partial charge in [-0.2, -0.15) is 13.2 Å². The Morgan fingerprint density at radius 3 is 2.11 bits per heavy atom. The fourth-order valence-corrected chi connectivity index (χ4v) is 1.84. The Labute approximate surface area is 106 Å². The molecule has 0 amide bonds. The van der Waals surface area contributed by atoms with Crippen LogP contribution in [-0.2, 0) is 12.6 Å². The van der Waals surface area contributed by atoms with E-state index < -0.39 is 11.7 Å². The zero-order chi connectivity index (χ0) is 14.1. The second-order valence-corrected chi connectivity index (χ2v) is 5.57. The molecule has 0 saturated carbocycles. The first-order valence-electron chi connectivity index (χ1n) is 5.97. The maximum absolute atomic E-state index is 12.9. The van der Waals surface area contributed by atoms with Gasteiger partial charge in [0, 0.05) is 5.54 Å². The highest BCUT2D eigenvalue weighted by molar-refractivity contribution is 5.39. The van der Waals surface area contributed by atoms with Crippen molar-refractivity contribution in [3.8, 4) is 0 Å². The van der Waals surface area contributed by atoms with Crippen molar-refractivity contribution in [2.75, 3.05) is 0 Å². The van der Waals surface area contributed by atoms with Gasteiger partial charge >= 0.3 is 6.18 Å². The summed E-state index contributed by atoms with van der Waals surface area (Å²) >= 11 is 0. The Hall–Kier alpha value is -1.03. The van der Waals surface area contributed by atoms with E-state index in [9.17, 15) is 13.2 Å². The first-order valence-corrected chi connectivity index (χ1v) is 5.97. The van der Waals surface area contributed by atoms with Gasteiger partial charge < -0.3 is 5.73 Å². The molecule has 0 unspecified atom stereocenters. The Bertz CT molecular complexity index is 428. The molecule has 1 aromatic carbocycles. The van der Waals surface area contributed by atoms with Crippen LogP contribution in [0.25, 0.3) is 0 Å². The minimum Gasteiger partial charge on any atom is -0.326 e. The van der Waals surface area contributed by atoms with Crippen molar-refractivity contribution in [1.29, 1.82) is 0 Å². The SMILES string of the molecule is Cc1cc(CCC(C)(C)N)cc(C(F)(F)F)c1C. The van der Waals surface area contributed by atoms with Gasteiger partial charge in [-0.25, -0.2) is 0 Å². The predicted molar refractivity (Wildman–Crippen MR) is 67.5 cm³/mol. The van der Waals surface area contributed by atoms with Crippen molar-refractivity contribution >= 4 is 0 Å². The molecule has 2 N–H and O–H groups in total. The number of rotatable bonds is 3. The molecule has 4 heteroatoms. The van der Waals surface area contributed by atoms with E-state index in [1.807, 2.05) is 19.9 Å². The third-order valence-corrected chi connectivity index (χ3v) is 3.09. The molecule has 0 aliphatic carbocycles. The van der Waals surface area contributed by atoms with Crippen LogP contribution in [-0.4, -0.2) is 5.54 Å². The topological polar surface area (TPSA) is 26.0 Å². The average Bonchev–Trinajstić information content (AvgIpc) is 2.16. The molecular formula is C14H20F3N. The third-order valence-electron chi connectivity index (χ3n) is 3.09. The number of halogens is 3. The maximum Gasteiger partial charge on any atom is 0.416 e. The lowest BCUT2D eigenvalue weighted by molar-refractivity contribution is -0.138. The summed E-state index contributed by atoms with van der Waals surface area (Å²) in [5, 5.41) is 0. The van der Waals surface area contributed by atoms with Crippen LogP contribution in [0.5, 0.6) is 0 Å². The highest BCUT2D eigenvalue weighted by Crippen LogP contribution is 2.34. The van der Waals surface area contributed by atoms with E-state index >= 15 is 0 Å². The van der Waals surface area contributed by atoms with E-state index in [-0.39, 0.29) is 5.54 Å². The van der Waals surface area contributed by atoms with Crippen LogP contribution in [0.4, 0.5) is 13.2 Å². The molecule has 0 heterocycles. The summed E-state index contributed by atoms with van der Waals surface area (Å²) in [7, 11) is 0. The second kappa shape index (κ2) is 4.92. The molecule has 0 atom stereocenters. The number of aryl methyl sites for hydroxylation is 2. The molecule has 0 fully saturated rings. The zero-order valence-corrected chi connectivity index (χ0v) is 11.3. The molecule has 0 bridgehead atoms. The highest BCUT2D eigenvalue weighted by atomic mass is 19.4. The summed E-state index contributed by atoms with van der Waals surface area (Å²) in [5.74, 6) is 0. The minimum absolute atomic E-state index is 0.304. The van der Waals surface area contributed by atoms with Crippen LogP contribution in [0.2, 0.25) is 0 Å². The van der Waals surface area contributed by atoms with E-state index in [4.69, 9.17) is 5.73 Å². The fourth-order valence-electron chi connectivity index (χ4n) is 1.84. The molecule has 0 aromatic heterocycles. The van der Waals surface area contributed by atoms with Gasteiger partial charge in [0.25, 0.3) is 0 Å². The summed E-state index contributed by atoms with van der Waals surface area (Å²) < 4.78 is 38.6. The third kappa shape index (κ3) is 4.02. The van der Waals surface area contributed by atoms with Crippen molar-refractivity contribution in [3.63, 3.8) is 0 Å². The molecular weight excluding hydrogens is 239 g/mol. The van der Waals surface area contributed by atoms with Crippen molar-refractivity contribution in [1.82, 2.24) is 0 Å². The van der Waals surface area contributed by atoms with E-state index in [0.717, 1.165) is 0 Å². The molecule has 0 aliphatic heterocycles. The summed E-state index contributed by atoms with van der Waals surface area (Å²) in [6.07, 6.45) is -3.07. The van der Waals surface area contributed by atoms with Crippen LogP contribution >= 0.6 is 0 Å². The van der Waals surface area contributed by atoms with Crippen LogP contribution < -0.4 is 5.73 Å². The zero-order valence-electron chi connectivity index (χ0n) is 11.3. The quantitative estimate of drug-likeness (QED) is 0.872. The average molecular weight is 259 g/mol. The van der Waals surface area contributed by atoms with Gasteiger partial charge in [-0.05, 0) is 63.3 Å². The van der Waals surface area contributed by atoms with Gasteiger partial charge in [-0.1, -0.05) is 6.07 Å². The summed E-state index contributed by atoms with van der Waals surface area (Å²) in [4.78, 5) is 0. The summed E-state index contributed by atoms with van der Waals surface area (Å²) in [5.41, 5.74) is 6.63. The van der Waals surface area contributed by atoms with E-state index in [2.05, 4.69) is 0 Å². The van der Waals surface area contributed by atoms with Crippen LogP contribution in [0, 0.1) is 13.8 Å². The number of hydrogen-bond donors (Lipinski definition) is 1. The van der Waals surface area contributed by atoms with Crippen molar-refractivity contribution in [3.05, 3.63) is 34.4 Å². The van der Waals surface area contributed by atoms with E-state index in [1.165, 1.54) is 13.0 Å². The molecule has 0 spiro atoms. The normalized spacial score (nSPS) is 12.9. The molecule has 1 nitrogen and oxygen atoms in total. The molecule has 1 aromatic rings. The van der Waals surface area contributed by atoms with Gasteiger partial charge in [-0.3, -0.25) is 0 Å². The Morgan fingerprint density at radius 1 is 1.11 bits per heavy atom. The highest BCUT2D eigenvalue weighted by Gasteiger charge is 2.33. The number of alkyl halides is 3. The molecule has 0 radical (unpaired) electrons. The molecule has 0 aliphatic rings. The molecule has 18 heavy (non-hydrogen) atoms. The van der Waals surface area contributed by atoms with Gasteiger partial charge in [-0.15, -0.1) is 0 Å². The van der Waals surface area contributed by atoms with Gasteiger partial charge in [0.15, 0.2) is 0 Å². The molecule has 0 saturated heterocycles. The Morgan fingerprint density at radius 2 is 1.67 bits per heavy atom. The smallest absolute Gasteiger partial charge is 0.326 e. The number of nitrogens with two attached hydrogens (primary N) is 1. The fraction of sp³-hybridized carbons (Fsp3) is 0.571. The predicted octanol–water partition coefficient (Wildman–Crippen LogP) is 3.99. The van der Waals surface area contributed by atoms with Gasteiger partial charge in [0.1, 0.15) is 0 Å². The first kappa shape index (κ1) is 15.0. The van der Waals surface area contributed by atoms with Crippen molar-refractivity contribution in [2.24, 2.45) is 5.73 Å². The number of benzene rings is 1. The van der Waals surface area contributed by atoms with Gasteiger partial charge in [0.2, 0.25) is 0 Å². The lowest BCUT2D eigenvalue weighted by Gasteiger charge is -2.19. The standard InChI is InChI=1S/C14H20F3N/c1-9-7-11(5-6-13(3,4)18)8-12(10(9)2)14(15,16)17/h7-8H,5-6,18H2,1-4H3. The number of hydrogen-bond acceptors (Lipinski definition) is 1. The summed E-state index contributed by atoms with van der Waals surface area (Å²) in [6.45, 7) is 6.97. The second-order valence-electron chi connectivity index (χ2n) is 5.57. The van der Waals surface area contributed by atoms with Crippen molar-refractivity contribution < 1.29 is 13.2 Å². The Kier molecular flexibility index (Phi) is 4.11.